The maximum atomic E-state index is 12.4. The number of carbonyl (C=O) groups is 1. The number of fused-ring (bicyclic) bond motifs is 1. The normalized spacial score (nSPS) is 10.5. The zero-order valence-electron chi connectivity index (χ0n) is 12.1. The van der Waals surface area contributed by atoms with Crippen molar-refractivity contribution in [2.24, 2.45) is 0 Å². The lowest BCUT2D eigenvalue weighted by molar-refractivity contribution is 0.102. The Bertz CT molecular complexity index is 816. The van der Waals surface area contributed by atoms with Gasteiger partial charge >= 0.3 is 0 Å². The van der Waals surface area contributed by atoms with Gasteiger partial charge in [0.05, 0.1) is 19.8 Å². The summed E-state index contributed by atoms with van der Waals surface area (Å²) in [5, 5.41) is 6.92. The Morgan fingerprint density at radius 1 is 1.18 bits per heavy atom. The van der Waals surface area contributed by atoms with E-state index < -0.39 is 0 Å². The number of ether oxygens (including phenoxy) is 2. The van der Waals surface area contributed by atoms with Crippen LogP contribution in [0.3, 0.4) is 0 Å². The Kier molecular flexibility index (Phi) is 3.93. The number of thiazole rings is 1. The maximum Gasteiger partial charge on any atom is 0.261 e. The predicted molar refractivity (Wildman–Crippen MR) is 87.1 cm³/mol. The van der Waals surface area contributed by atoms with Gasteiger partial charge in [-0.3, -0.25) is 10.1 Å². The lowest BCUT2D eigenvalue weighted by Gasteiger charge is -2.12. The van der Waals surface area contributed by atoms with Gasteiger partial charge in [0.25, 0.3) is 5.91 Å². The van der Waals surface area contributed by atoms with Crippen molar-refractivity contribution in [2.45, 2.75) is 0 Å². The molecule has 6 heteroatoms. The minimum Gasteiger partial charge on any atom is -0.496 e. The van der Waals surface area contributed by atoms with E-state index in [4.69, 9.17) is 9.47 Å². The molecule has 0 aliphatic rings. The van der Waals surface area contributed by atoms with Crippen LogP contribution in [0.25, 0.3) is 10.8 Å². The average molecular weight is 314 g/mol. The lowest BCUT2D eigenvalue weighted by atomic mass is 10.0. The molecule has 0 unspecified atom stereocenters. The van der Waals surface area contributed by atoms with E-state index in [9.17, 15) is 4.79 Å². The molecule has 0 saturated carbocycles. The van der Waals surface area contributed by atoms with Crippen LogP contribution in [-0.2, 0) is 0 Å². The molecule has 0 bridgehead atoms. The first-order valence-corrected chi connectivity index (χ1v) is 7.46. The highest BCUT2D eigenvalue weighted by molar-refractivity contribution is 7.13. The first kappa shape index (κ1) is 14.3. The third-order valence-corrected chi connectivity index (χ3v) is 3.97. The van der Waals surface area contributed by atoms with Gasteiger partial charge in [-0.15, -0.1) is 11.3 Å². The van der Waals surface area contributed by atoms with Crippen molar-refractivity contribution < 1.29 is 14.3 Å². The largest absolute Gasteiger partial charge is 0.496 e. The summed E-state index contributed by atoms with van der Waals surface area (Å²) in [6.45, 7) is 0. The summed E-state index contributed by atoms with van der Waals surface area (Å²) >= 11 is 1.37. The molecule has 1 heterocycles. The third-order valence-electron chi connectivity index (χ3n) is 3.28. The summed E-state index contributed by atoms with van der Waals surface area (Å²) in [6, 6.07) is 9.29. The zero-order chi connectivity index (χ0) is 15.5. The van der Waals surface area contributed by atoms with E-state index in [1.54, 1.807) is 24.8 Å². The van der Waals surface area contributed by atoms with Crippen molar-refractivity contribution in [3.8, 4) is 11.5 Å². The highest BCUT2D eigenvalue weighted by atomic mass is 32.1. The zero-order valence-corrected chi connectivity index (χ0v) is 12.9. The Balaban J connectivity index is 2.07. The number of hydrogen-bond acceptors (Lipinski definition) is 5. The third kappa shape index (κ3) is 2.60. The lowest BCUT2D eigenvalue weighted by Crippen LogP contribution is -2.13. The molecule has 3 rings (SSSR count). The quantitative estimate of drug-likeness (QED) is 0.800. The van der Waals surface area contributed by atoms with E-state index in [0.717, 1.165) is 16.5 Å². The van der Waals surface area contributed by atoms with Crippen molar-refractivity contribution in [3.63, 3.8) is 0 Å². The molecule has 0 aliphatic heterocycles. The second-order valence-electron chi connectivity index (χ2n) is 4.53. The number of anilines is 1. The first-order valence-electron chi connectivity index (χ1n) is 6.58. The molecule has 3 aromatic rings. The van der Waals surface area contributed by atoms with Crippen LogP contribution >= 0.6 is 11.3 Å². The van der Waals surface area contributed by atoms with Gasteiger partial charge in [0.2, 0.25) is 0 Å². The Labute approximate surface area is 131 Å². The van der Waals surface area contributed by atoms with Crippen LogP contribution in [-0.4, -0.2) is 25.1 Å². The molecule has 2 aromatic carbocycles. The van der Waals surface area contributed by atoms with Gasteiger partial charge in [-0.25, -0.2) is 4.98 Å². The number of nitrogens with zero attached hydrogens (tertiary/aromatic N) is 1. The van der Waals surface area contributed by atoms with Crippen molar-refractivity contribution in [2.75, 3.05) is 19.5 Å². The number of nitrogens with one attached hydrogen (secondary N) is 1. The van der Waals surface area contributed by atoms with Crippen LogP contribution in [0, 0.1) is 0 Å². The molecule has 0 saturated heterocycles. The highest BCUT2D eigenvalue weighted by Gasteiger charge is 2.16. The smallest absolute Gasteiger partial charge is 0.261 e. The van der Waals surface area contributed by atoms with Gasteiger partial charge < -0.3 is 9.47 Å². The Morgan fingerprint density at radius 3 is 2.68 bits per heavy atom. The standard InChI is InChI=1S/C16H14N2O3S/c1-20-13-5-3-4-10-8-12(14(21-2)9-11(10)13)15(19)18-16-17-6-7-22-16/h3-9H,1-2H3,(H,17,18,19). The first-order chi connectivity index (χ1) is 10.7. The molecule has 1 aromatic heterocycles. The van der Waals surface area contributed by atoms with E-state index in [0.29, 0.717) is 16.4 Å². The van der Waals surface area contributed by atoms with Gasteiger partial charge in [0.1, 0.15) is 11.5 Å². The fourth-order valence-electron chi connectivity index (χ4n) is 2.25. The van der Waals surface area contributed by atoms with E-state index in [1.807, 2.05) is 24.3 Å². The van der Waals surface area contributed by atoms with Crippen LogP contribution < -0.4 is 14.8 Å². The van der Waals surface area contributed by atoms with Gasteiger partial charge in [0, 0.05) is 17.0 Å². The molecule has 0 atom stereocenters. The fourth-order valence-corrected chi connectivity index (χ4v) is 2.77. The number of methoxy groups -OCH3 is 2. The summed E-state index contributed by atoms with van der Waals surface area (Å²) in [5.41, 5.74) is 0.457. The number of carbonyl (C=O) groups excluding carboxylic acids is 1. The van der Waals surface area contributed by atoms with E-state index in [-0.39, 0.29) is 5.91 Å². The Morgan fingerprint density at radius 2 is 2.00 bits per heavy atom. The summed E-state index contributed by atoms with van der Waals surface area (Å²) in [6.07, 6.45) is 1.64. The Hall–Kier alpha value is -2.60. The summed E-state index contributed by atoms with van der Waals surface area (Å²) < 4.78 is 10.7. The van der Waals surface area contributed by atoms with Crippen LogP contribution in [0.15, 0.2) is 41.9 Å². The molecule has 112 valence electrons. The van der Waals surface area contributed by atoms with Crippen molar-refractivity contribution in [1.29, 1.82) is 0 Å². The molecule has 0 fully saturated rings. The number of aromatic nitrogens is 1. The second-order valence-corrected chi connectivity index (χ2v) is 5.42. The number of hydrogen-bond donors (Lipinski definition) is 1. The maximum absolute atomic E-state index is 12.4. The molecule has 0 radical (unpaired) electrons. The number of rotatable bonds is 4. The summed E-state index contributed by atoms with van der Waals surface area (Å²) in [7, 11) is 3.15. The van der Waals surface area contributed by atoms with E-state index in [2.05, 4.69) is 10.3 Å². The van der Waals surface area contributed by atoms with Gasteiger partial charge in [-0.1, -0.05) is 12.1 Å². The van der Waals surface area contributed by atoms with E-state index in [1.165, 1.54) is 18.4 Å². The topological polar surface area (TPSA) is 60.5 Å². The monoisotopic (exact) mass is 314 g/mol. The average Bonchev–Trinajstić information content (AvgIpc) is 3.05. The number of amides is 1. The minimum atomic E-state index is -0.253. The summed E-state index contributed by atoms with van der Waals surface area (Å²) in [4.78, 5) is 16.5. The molecule has 5 nitrogen and oxygen atoms in total. The van der Waals surface area contributed by atoms with Crippen LogP contribution in [0.5, 0.6) is 11.5 Å². The van der Waals surface area contributed by atoms with Crippen LogP contribution in [0.4, 0.5) is 5.13 Å². The molecule has 1 N–H and O–H groups in total. The van der Waals surface area contributed by atoms with Crippen molar-refractivity contribution in [1.82, 2.24) is 4.98 Å². The molecule has 22 heavy (non-hydrogen) atoms. The second kappa shape index (κ2) is 6.03. The highest BCUT2D eigenvalue weighted by Crippen LogP contribution is 2.32. The van der Waals surface area contributed by atoms with Gasteiger partial charge in [-0.05, 0) is 23.6 Å². The molecule has 0 aliphatic carbocycles. The SMILES string of the molecule is COc1cc2c(OC)cccc2cc1C(=O)Nc1nccs1. The fraction of sp³-hybridized carbons (Fsp3) is 0.125. The van der Waals surface area contributed by atoms with Crippen molar-refractivity contribution >= 4 is 33.1 Å². The van der Waals surface area contributed by atoms with Gasteiger partial charge in [0.15, 0.2) is 5.13 Å². The van der Waals surface area contributed by atoms with Crippen LogP contribution in [0.2, 0.25) is 0 Å². The molecular weight excluding hydrogens is 300 g/mol. The van der Waals surface area contributed by atoms with Crippen molar-refractivity contribution in [3.05, 3.63) is 47.5 Å². The van der Waals surface area contributed by atoms with Crippen LogP contribution in [0.1, 0.15) is 10.4 Å². The van der Waals surface area contributed by atoms with E-state index >= 15 is 0 Å². The number of benzene rings is 2. The predicted octanol–water partition coefficient (Wildman–Crippen LogP) is 3.57. The minimum absolute atomic E-state index is 0.253. The molecular formula is C16H14N2O3S. The molecule has 1 amide bonds. The molecule has 0 spiro atoms. The summed E-state index contributed by atoms with van der Waals surface area (Å²) in [5.74, 6) is 0.977. The van der Waals surface area contributed by atoms with Gasteiger partial charge in [-0.2, -0.15) is 0 Å².